The fourth-order valence-corrected chi connectivity index (χ4v) is 5.35. The maximum Gasteiger partial charge on any atom is 0.248 e. The Bertz CT molecular complexity index is 1070. The summed E-state index contributed by atoms with van der Waals surface area (Å²) in [6.45, 7) is 2.43. The third-order valence-corrected chi connectivity index (χ3v) is 7.14. The molecule has 166 valence electrons. The fourth-order valence-electron chi connectivity index (χ4n) is 3.43. The molecular formula is C21H24ClN3O5S. The average Bonchev–Trinajstić information content (AvgIpc) is 2.75. The molecule has 0 aromatic heterocycles. The van der Waals surface area contributed by atoms with Gasteiger partial charge in [0.2, 0.25) is 21.8 Å². The molecule has 1 aliphatic heterocycles. The zero-order chi connectivity index (χ0) is 22.6. The van der Waals surface area contributed by atoms with Gasteiger partial charge in [-0.1, -0.05) is 11.6 Å². The van der Waals surface area contributed by atoms with Gasteiger partial charge in [-0.05, 0) is 62.2 Å². The number of carbonyl (C=O) groups excluding carboxylic acids is 2. The monoisotopic (exact) mass is 465 g/mol. The second-order valence-corrected chi connectivity index (χ2v) is 9.50. The van der Waals surface area contributed by atoms with Crippen LogP contribution in [0.15, 0.2) is 47.4 Å². The van der Waals surface area contributed by atoms with Gasteiger partial charge in [-0.15, -0.1) is 0 Å². The van der Waals surface area contributed by atoms with Crippen LogP contribution in [0.2, 0.25) is 5.02 Å². The molecule has 0 saturated carbocycles. The Morgan fingerprint density at radius 2 is 1.94 bits per heavy atom. The third kappa shape index (κ3) is 5.36. The lowest BCUT2D eigenvalue weighted by Gasteiger charge is -2.31. The minimum atomic E-state index is -3.90. The van der Waals surface area contributed by atoms with Crippen LogP contribution in [-0.2, 0) is 14.8 Å². The largest absolute Gasteiger partial charge is 0.492 e. The van der Waals surface area contributed by atoms with Crippen molar-refractivity contribution in [2.45, 2.75) is 24.7 Å². The molecule has 8 nitrogen and oxygen atoms in total. The van der Waals surface area contributed by atoms with Gasteiger partial charge in [0.1, 0.15) is 10.6 Å². The number of primary amides is 1. The summed E-state index contributed by atoms with van der Waals surface area (Å²) in [7, 11) is -3.90. The molecule has 2 aromatic rings. The summed E-state index contributed by atoms with van der Waals surface area (Å²) in [6, 6.07) is 10.7. The molecule has 0 unspecified atom stereocenters. The molecule has 1 heterocycles. The topological polar surface area (TPSA) is 119 Å². The molecule has 10 heteroatoms. The molecule has 3 rings (SSSR count). The van der Waals surface area contributed by atoms with Gasteiger partial charge >= 0.3 is 0 Å². The van der Waals surface area contributed by atoms with E-state index in [0.29, 0.717) is 37.2 Å². The first-order valence-electron chi connectivity index (χ1n) is 9.85. The van der Waals surface area contributed by atoms with Gasteiger partial charge in [-0.2, -0.15) is 4.31 Å². The first kappa shape index (κ1) is 23.1. The number of ether oxygens (including phenoxy) is 1. The molecule has 1 fully saturated rings. The predicted molar refractivity (Wildman–Crippen MR) is 118 cm³/mol. The van der Waals surface area contributed by atoms with Crippen molar-refractivity contribution in [3.05, 3.63) is 53.1 Å². The van der Waals surface area contributed by atoms with E-state index >= 15 is 0 Å². The minimum absolute atomic E-state index is 0.00931. The predicted octanol–water partition coefficient (Wildman–Crippen LogP) is 2.88. The van der Waals surface area contributed by atoms with E-state index in [1.807, 2.05) is 0 Å². The van der Waals surface area contributed by atoms with Gasteiger partial charge in [0.25, 0.3) is 0 Å². The summed E-state index contributed by atoms with van der Waals surface area (Å²) in [5, 5.41) is 3.06. The highest BCUT2D eigenvalue weighted by Gasteiger charge is 2.35. The Labute approximate surface area is 186 Å². The van der Waals surface area contributed by atoms with E-state index in [1.54, 1.807) is 25.1 Å². The molecule has 2 aromatic carbocycles. The van der Waals surface area contributed by atoms with Crippen molar-refractivity contribution in [2.24, 2.45) is 11.7 Å². The number of piperidine rings is 1. The Morgan fingerprint density at radius 3 is 2.58 bits per heavy atom. The van der Waals surface area contributed by atoms with E-state index in [9.17, 15) is 18.0 Å². The zero-order valence-corrected chi connectivity index (χ0v) is 18.6. The number of nitrogens with one attached hydrogen (secondary N) is 1. The lowest BCUT2D eigenvalue weighted by Crippen LogP contribution is -2.43. The Kier molecular flexibility index (Phi) is 7.19. The lowest BCUT2D eigenvalue weighted by atomic mass is 9.98. The van der Waals surface area contributed by atoms with E-state index in [2.05, 4.69) is 5.32 Å². The highest BCUT2D eigenvalue weighted by molar-refractivity contribution is 7.89. The second kappa shape index (κ2) is 9.67. The molecule has 0 radical (unpaired) electrons. The highest BCUT2D eigenvalue weighted by atomic mass is 35.5. The van der Waals surface area contributed by atoms with Crippen LogP contribution in [0.1, 0.15) is 30.1 Å². The molecule has 0 bridgehead atoms. The third-order valence-electron chi connectivity index (χ3n) is 5.02. The minimum Gasteiger partial charge on any atom is -0.492 e. The summed E-state index contributed by atoms with van der Waals surface area (Å²) < 4.78 is 33.3. The summed E-state index contributed by atoms with van der Waals surface area (Å²) in [5.74, 6) is -1.14. The molecule has 1 atom stereocenters. The standard InChI is InChI=1S/C21H24ClN3O5S/c1-2-30-18-10-7-16(22)12-19(18)31(28,29)25-11-3-4-15(13-25)21(27)24-17-8-5-14(6-9-17)20(23)26/h5-10,12,15H,2-4,11,13H2,1H3,(H2,23,26)(H,24,27)/t15-/m1/s1. The smallest absolute Gasteiger partial charge is 0.248 e. The number of nitrogens with two attached hydrogens (primary N) is 1. The Hall–Kier alpha value is -2.62. The normalized spacial score (nSPS) is 17.2. The van der Waals surface area contributed by atoms with Gasteiger partial charge in [0.15, 0.2) is 0 Å². The quantitative estimate of drug-likeness (QED) is 0.651. The van der Waals surface area contributed by atoms with Crippen LogP contribution in [-0.4, -0.2) is 44.2 Å². The maximum absolute atomic E-state index is 13.3. The van der Waals surface area contributed by atoms with Gasteiger partial charge in [-0.25, -0.2) is 8.42 Å². The summed E-state index contributed by atoms with van der Waals surface area (Å²) >= 11 is 6.03. The number of amides is 2. The van der Waals surface area contributed by atoms with Gasteiger partial charge in [0.05, 0.1) is 12.5 Å². The SMILES string of the molecule is CCOc1ccc(Cl)cc1S(=O)(=O)N1CCC[C@@H](C(=O)Nc2ccc(C(N)=O)cc2)C1. The molecule has 1 saturated heterocycles. The number of sulfonamides is 1. The molecule has 31 heavy (non-hydrogen) atoms. The number of rotatable bonds is 7. The first-order valence-corrected chi connectivity index (χ1v) is 11.7. The molecule has 3 N–H and O–H groups in total. The van der Waals surface area contributed by atoms with Crippen molar-refractivity contribution < 1.29 is 22.7 Å². The van der Waals surface area contributed by atoms with Gasteiger partial charge in [0, 0.05) is 29.4 Å². The van der Waals surface area contributed by atoms with Crippen LogP contribution in [0.25, 0.3) is 0 Å². The van der Waals surface area contributed by atoms with E-state index in [0.717, 1.165) is 0 Å². The van der Waals surface area contributed by atoms with Crippen molar-refractivity contribution in [2.75, 3.05) is 25.0 Å². The van der Waals surface area contributed by atoms with E-state index < -0.39 is 21.8 Å². The molecule has 1 aliphatic rings. The van der Waals surface area contributed by atoms with Crippen molar-refractivity contribution in [1.29, 1.82) is 0 Å². The molecule has 0 spiro atoms. The summed E-state index contributed by atoms with van der Waals surface area (Å²) in [4.78, 5) is 23.9. The van der Waals surface area contributed by atoms with Crippen LogP contribution in [0.3, 0.4) is 0 Å². The number of anilines is 1. The number of halogens is 1. The number of hydrogen-bond donors (Lipinski definition) is 2. The first-order chi connectivity index (χ1) is 14.7. The highest BCUT2D eigenvalue weighted by Crippen LogP contribution is 2.32. The van der Waals surface area contributed by atoms with E-state index in [-0.39, 0.29) is 28.1 Å². The van der Waals surface area contributed by atoms with E-state index in [1.165, 1.54) is 28.6 Å². The number of benzene rings is 2. The maximum atomic E-state index is 13.3. The number of hydrogen-bond acceptors (Lipinski definition) is 5. The number of nitrogens with zero attached hydrogens (tertiary/aromatic N) is 1. The Morgan fingerprint density at radius 1 is 1.23 bits per heavy atom. The number of carbonyl (C=O) groups is 2. The molecular weight excluding hydrogens is 442 g/mol. The molecule has 2 amide bonds. The van der Waals surface area contributed by atoms with Gasteiger partial charge < -0.3 is 15.8 Å². The lowest BCUT2D eigenvalue weighted by molar-refractivity contribution is -0.120. The average molecular weight is 466 g/mol. The van der Waals surface area contributed by atoms with E-state index in [4.69, 9.17) is 22.1 Å². The zero-order valence-electron chi connectivity index (χ0n) is 17.0. The van der Waals surface area contributed by atoms with Crippen LogP contribution in [0, 0.1) is 5.92 Å². The second-order valence-electron chi connectivity index (χ2n) is 7.16. The molecule has 0 aliphatic carbocycles. The summed E-state index contributed by atoms with van der Waals surface area (Å²) in [5.41, 5.74) is 6.06. The van der Waals surface area contributed by atoms with Crippen molar-refractivity contribution >= 4 is 39.1 Å². The van der Waals surface area contributed by atoms with Crippen LogP contribution in [0.4, 0.5) is 5.69 Å². The fraction of sp³-hybridized carbons (Fsp3) is 0.333. The van der Waals surface area contributed by atoms with Crippen molar-refractivity contribution in [1.82, 2.24) is 4.31 Å². The van der Waals surface area contributed by atoms with Crippen LogP contribution in [0.5, 0.6) is 5.75 Å². The van der Waals surface area contributed by atoms with Gasteiger partial charge in [-0.3, -0.25) is 9.59 Å². The van der Waals surface area contributed by atoms with Crippen molar-refractivity contribution in [3.63, 3.8) is 0 Å². The van der Waals surface area contributed by atoms with Crippen molar-refractivity contribution in [3.8, 4) is 5.75 Å². The van der Waals surface area contributed by atoms with Crippen LogP contribution >= 0.6 is 11.6 Å². The Balaban J connectivity index is 1.76. The van der Waals surface area contributed by atoms with Crippen LogP contribution < -0.4 is 15.8 Å². The summed E-state index contributed by atoms with van der Waals surface area (Å²) in [6.07, 6.45) is 1.10.